The fourth-order valence-corrected chi connectivity index (χ4v) is 8.25. The van der Waals surface area contributed by atoms with Gasteiger partial charge in [0.1, 0.15) is 0 Å². The minimum absolute atomic E-state index is 0.688. The van der Waals surface area contributed by atoms with Gasteiger partial charge in [0.15, 0.2) is 5.82 Å². The summed E-state index contributed by atoms with van der Waals surface area (Å²) < 4.78 is 2.63. The van der Waals surface area contributed by atoms with Crippen molar-refractivity contribution in [2.24, 2.45) is 0 Å². The van der Waals surface area contributed by atoms with Gasteiger partial charge in [0.05, 0.1) is 11.4 Å². The summed E-state index contributed by atoms with van der Waals surface area (Å²) in [5.74, 6) is 0.688. The second kappa shape index (κ2) is 14.9. The van der Waals surface area contributed by atoms with Crippen LogP contribution in [0.3, 0.4) is 0 Å². The lowest BCUT2D eigenvalue weighted by Crippen LogP contribution is -1.96. The van der Waals surface area contributed by atoms with Gasteiger partial charge < -0.3 is 0 Å². The number of hydrogen-bond acceptors (Lipinski definition) is 4. The molecule has 0 radical (unpaired) electrons. The van der Waals surface area contributed by atoms with Gasteiger partial charge >= 0.3 is 0 Å². The Labute approximate surface area is 325 Å². The Morgan fingerprint density at radius 3 is 1.56 bits per heavy atom. The van der Waals surface area contributed by atoms with Gasteiger partial charge in [-0.15, -0.1) is 11.3 Å². The SMILES string of the molecule is CC.c1cncc(-c2ccc(-c3nc(-c4ccc(-c5ccc6ccccc6c5)cc4)cc(-c4ccc(-c5ccc6sc7ccccc7c6c5)cc4)n3)cc2)c1. The van der Waals surface area contributed by atoms with Crippen LogP contribution < -0.4 is 0 Å². The van der Waals surface area contributed by atoms with Crippen molar-refractivity contribution < 1.29 is 0 Å². The van der Waals surface area contributed by atoms with E-state index in [0.717, 1.165) is 39.2 Å². The van der Waals surface area contributed by atoms with E-state index in [4.69, 9.17) is 9.97 Å². The highest BCUT2D eigenvalue weighted by molar-refractivity contribution is 7.25. The van der Waals surface area contributed by atoms with Crippen LogP contribution in [0.1, 0.15) is 13.8 Å². The number of thiophene rings is 1. The molecule has 3 aromatic heterocycles. The van der Waals surface area contributed by atoms with Gasteiger partial charge in [-0.1, -0.05) is 153 Å². The molecule has 7 aromatic carbocycles. The number of fused-ring (bicyclic) bond motifs is 4. The van der Waals surface area contributed by atoms with Crippen LogP contribution in [0.15, 0.2) is 188 Å². The number of nitrogens with zero attached hydrogens (tertiary/aromatic N) is 3. The molecule has 3 heterocycles. The zero-order valence-corrected chi connectivity index (χ0v) is 31.5. The minimum atomic E-state index is 0.688. The average molecular weight is 724 g/mol. The van der Waals surface area contributed by atoms with Crippen molar-refractivity contribution in [1.29, 1.82) is 0 Å². The van der Waals surface area contributed by atoms with E-state index < -0.39 is 0 Å². The van der Waals surface area contributed by atoms with Gasteiger partial charge in [0.25, 0.3) is 0 Å². The minimum Gasteiger partial charge on any atom is -0.264 e. The van der Waals surface area contributed by atoms with E-state index in [-0.39, 0.29) is 0 Å². The number of rotatable bonds is 6. The fourth-order valence-electron chi connectivity index (χ4n) is 7.16. The highest BCUT2D eigenvalue weighted by Crippen LogP contribution is 2.37. The Morgan fingerprint density at radius 2 is 0.891 bits per heavy atom. The second-order valence-corrected chi connectivity index (χ2v) is 14.4. The summed E-state index contributed by atoms with van der Waals surface area (Å²) in [6, 6.07) is 62.6. The summed E-state index contributed by atoms with van der Waals surface area (Å²) in [5, 5.41) is 5.09. The molecule has 55 heavy (non-hydrogen) atoms. The molecule has 0 N–H and O–H groups in total. The Hall–Kier alpha value is -6.75. The lowest BCUT2D eigenvalue weighted by molar-refractivity contribution is 1.18. The topological polar surface area (TPSA) is 38.7 Å². The lowest BCUT2D eigenvalue weighted by Gasteiger charge is -2.11. The highest BCUT2D eigenvalue weighted by Gasteiger charge is 2.13. The Bertz CT molecular complexity index is 2910. The highest BCUT2D eigenvalue weighted by atomic mass is 32.1. The summed E-state index contributed by atoms with van der Waals surface area (Å²) in [6.07, 6.45) is 3.68. The molecule has 0 atom stereocenters. The molecule has 0 fully saturated rings. The summed E-state index contributed by atoms with van der Waals surface area (Å²) >= 11 is 1.85. The predicted molar refractivity (Wildman–Crippen MR) is 234 cm³/mol. The van der Waals surface area contributed by atoms with Crippen LogP contribution in [-0.2, 0) is 0 Å². The second-order valence-electron chi connectivity index (χ2n) is 13.3. The summed E-state index contributed by atoms with van der Waals surface area (Å²) in [4.78, 5) is 14.6. The third kappa shape index (κ3) is 6.80. The van der Waals surface area contributed by atoms with Crippen molar-refractivity contribution in [3.63, 3.8) is 0 Å². The molecule has 3 nitrogen and oxygen atoms in total. The summed E-state index contributed by atoms with van der Waals surface area (Å²) in [5.41, 5.74) is 11.7. The maximum absolute atomic E-state index is 5.14. The lowest BCUT2D eigenvalue weighted by atomic mass is 9.98. The Kier molecular flexibility index (Phi) is 9.25. The molecule has 0 aliphatic rings. The first-order valence-electron chi connectivity index (χ1n) is 18.7. The first kappa shape index (κ1) is 34.0. The molecule has 4 heteroatoms. The van der Waals surface area contributed by atoms with Crippen LogP contribution in [0.25, 0.3) is 98.2 Å². The standard InChI is InChI=1S/C49H31N3S.C2H6/c1-2-7-39-28-40(24-17-32(39)6-1)33-11-18-36(19-12-33)45-30-46(52-49(51-45)38-22-15-35(16-23-38)42-8-5-27-50-31-42)37-20-13-34(14-21-37)41-25-26-48-44(29-41)43-9-3-4-10-47(43)53-48;1-2/h1-31H;1-2H3. The van der Waals surface area contributed by atoms with Crippen LogP contribution >= 0.6 is 11.3 Å². The molecular weight excluding hydrogens is 687 g/mol. The monoisotopic (exact) mass is 723 g/mol. The maximum atomic E-state index is 5.14. The van der Waals surface area contributed by atoms with E-state index in [1.807, 2.05) is 37.4 Å². The smallest absolute Gasteiger partial charge is 0.160 e. The Balaban J connectivity index is 0.00000195. The van der Waals surface area contributed by atoms with Gasteiger partial charge in [-0.3, -0.25) is 4.98 Å². The average Bonchev–Trinajstić information content (AvgIpc) is 3.65. The summed E-state index contributed by atoms with van der Waals surface area (Å²) in [7, 11) is 0. The fraction of sp³-hybridized carbons (Fsp3) is 0.0392. The molecule has 0 saturated carbocycles. The number of hydrogen-bond donors (Lipinski definition) is 0. The van der Waals surface area contributed by atoms with Crippen molar-refractivity contribution in [2.75, 3.05) is 0 Å². The zero-order valence-electron chi connectivity index (χ0n) is 30.6. The molecule has 10 aromatic rings. The molecule has 0 aliphatic carbocycles. The van der Waals surface area contributed by atoms with Gasteiger partial charge in [0, 0.05) is 49.3 Å². The van der Waals surface area contributed by atoms with E-state index >= 15 is 0 Å². The van der Waals surface area contributed by atoms with Crippen molar-refractivity contribution in [1.82, 2.24) is 15.0 Å². The van der Waals surface area contributed by atoms with Crippen molar-refractivity contribution in [2.45, 2.75) is 13.8 Å². The van der Waals surface area contributed by atoms with E-state index in [9.17, 15) is 0 Å². The Morgan fingerprint density at radius 1 is 0.364 bits per heavy atom. The van der Waals surface area contributed by atoms with Crippen LogP contribution in [0.5, 0.6) is 0 Å². The third-order valence-corrected chi connectivity index (χ3v) is 11.2. The van der Waals surface area contributed by atoms with Crippen molar-refractivity contribution in [3.05, 3.63) is 188 Å². The zero-order chi connectivity index (χ0) is 37.1. The molecule has 0 unspecified atom stereocenters. The predicted octanol–water partition coefficient (Wildman–Crippen LogP) is 14.4. The molecule has 0 spiro atoms. The van der Waals surface area contributed by atoms with Crippen LogP contribution in [0.2, 0.25) is 0 Å². The largest absolute Gasteiger partial charge is 0.264 e. The first-order chi connectivity index (χ1) is 27.2. The molecule has 262 valence electrons. The van der Waals surface area contributed by atoms with E-state index in [1.54, 1.807) is 6.20 Å². The van der Waals surface area contributed by atoms with Gasteiger partial charge in [-0.2, -0.15) is 0 Å². The molecule has 0 aliphatic heterocycles. The van der Waals surface area contributed by atoms with Crippen molar-refractivity contribution >= 4 is 42.3 Å². The molecular formula is C51H37N3S. The van der Waals surface area contributed by atoms with Crippen molar-refractivity contribution in [3.8, 4) is 67.3 Å². The quantitative estimate of drug-likeness (QED) is 0.171. The van der Waals surface area contributed by atoms with Gasteiger partial charge in [-0.25, -0.2) is 9.97 Å². The first-order valence-corrected chi connectivity index (χ1v) is 19.6. The van der Waals surface area contributed by atoms with Gasteiger partial charge in [-0.05, 0) is 80.6 Å². The molecule has 10 rings (SSSR count). The van der Waals surface area contributed by atoms with E-state index in [0.29, 0.717) is 5.82 Å². The van der Waals surface area contributed by atoms with E-state index in [2.05, 4.69) is 175 Å². The maximum Gasteiger partial charge on any atom is 0.160 e. The van der Waals surface area contributed by atoms with Gasteiger partial charge in [0.2, 0.25) is 0 Å². The third-order valence-electron chi connectivity index (χ3n) is 10.0. The van der Waals surface area contributed by atoms with Crippen LogP contribution in [0, 0.1) is 0 Å². The number of benzene rings is 7. The number of pyridine rings is 1. The number of aromatic nitrogens is 3. The molecule has 0 bridgehead atoms. The van der Waals surface area contributed by atoms with Crippen LogP contribution in [-0.4, -0.2) is 15.0 Å². The van der Waals surface area contributed by atoms with Crippen LogP contribution in [0.4, 0.5) is 0 Å². The normalized spacial score (nSPS) is 11.1. The summed E-state index contributed by atoms with van der Waals surface area (Å²) in [6.45, 7) is 4.00. The molecule has 0 amide bonds. The van der Waals surface area contributed by atoms with E-state index in [1.165, 1.54) is 53.2 Å². The molecule has 0 saturated heterocycles.